The molecule has 9 heteroatoms. The van der Waals surface area contributed by atoms with Crippen molar-refractivity contribution in [2.45, 2.75) is 56.8 Å². The summed E-state index contributed by atoms with van der Waals surface area (Å²) in [5, 5.41) is 0. The van der Waals surface area contributed by atoms with Crippen molar-refractivity contribution in [3.8, 4) is 0 Å². The minimum atomic E-state index is -4.88. The lowest BCUT2D eigenvalue weighted by molar-refractivity contribution is -0.143. The number of fused-ring (bicyclic) bond motifs is 1. The molecule has 0 aliphatic carbocycles. The van der Waals surface area contributed by atoms with Crippen LogP contribution in [0.15, 0.2) is 18.2 Å². The third-order valence-electron chi connectivity index (χ3n) is 4.76. The van der Waals surface area contributed by atoms with E-state index in [-0.39, 0.29) is 36.3 Å². The number of piperidine rings is 1. The smallest absolute Gasteiger partial charge is 0.372 e. The van der Waals surface area contributed by atoms with Crippen molar-refractivity contribution in [2.24, 2.45) is 0 Å². The maximum atomic E-state index is 12.9. The molecule has 0 saturated carbocycles. The maximum Gasteiger partial charge on any atom is 0.416 e. The Labute approximate surface area is 145 Å². The van der Waals surface area contributed by atoms with Crippen molar-refractivity contribution in [1.82, 2.24) is 4.90 Å². The molecule has 2 heterocycles. The molecule has 1 aromatic carbocycles. The Balaban J connectivity index is 1.72. The average molecular weight is 381 g/mol. The molecule has 0 radical (unpaired) electrons. The molecule has 144 valence electrons. The fourth-order valence-corrected chi connectivity index (χ4v) is 3.52. The number of carbonyl (C=O) groups is 1. The minimum absolute atomic E-state index is 0.0192. The van der Waals surface area contributed by atoms with Crippen molar-refractivity contribution in [1.29, 1.82) is 0 Å². The van der Waals surface area contributed by atoms with Crippen LogP contribution in [0.2, 0.25) is 0 Å². The molecule has 2 aliphatic heterocycles. The molecule has 2 unspecified atom stereocenters. The van der Waals surface area contributed by atoms with Crippen LogP contribution in [0.1, 0.15) is 42.4 Å². The standard InChI is InChI=1S/C17H17F6NO2/c18-16(19,20)11-4-10(5-12(6-11)17(21,22)23)9-26-14-7-13-2-1-3-15(25)24(13)8-14/h4-6,13-14H,1-3,7-9H2. The van der Waals surface area contributed by atoms with Gasteiger partial charge in [-0.05, 0) is 43.0 Å². The number of halogens is 6. The predicted octanol–water partition coefficient (Wildman–Crippen LogP) is 4.39. The van der Waals surface area contributed by atoms with Crippen LogP contribution in [0, 0.1) is 0 Å². The summed E-state index contributed by atoms with van der Waals surface area (Å²) in [5.41, 5.74) is -2.90. The van der Waals surface area contributed by atoms with E-state index in [2.05, 4.69) is 0 Å². The van der Waals surface area contributed by atoms with Crippen molar-refractivity contribution in [3.05, 3.63) is 34.9 Å². The van der Waals surface area contributed by atoms with Crippen LogP contribution in [-0.4, -0.2) is 29.5 Å². The van der Waals surface area contributed by atoms with Gasteiger partial charge in [0.15, 0.2) is 0 Å². The van der Waals surface area contributed by atoms with Crippen LogP contribution in [-0.2, 0) is 28.5 Å². The van der Waals surface area contributed by atoms with Gasteiger partial charge in [-0.2, -0.15) is 26.3 Å². The van der Waals surface area contributed by atoms with E-state index in [1.807, 2.05) is 0 Å². The number of carbonyl (C=O) groups excluding carboxylic acids is 1. The molecule has 0 spiro atoms. The number of hydrogen-bond acceptors (Lipinski definition) is 2. The highest BCUT2D eigenvalue weighted by Crippen LogP contribution is 2.37. The van der Waals surface area contributed by atoms with E-state index in [0.29, 0.717) is 31.5 Å². The lowest BCUT2D eigenvalue weighted by atomic mass is 10.0. The Kier molecular flexibility index (Phi) is 4.94. The van der Waals surface area contributed by atoms with E-state index in [1.54, 1.807) is 4.90 Å². The first kappa shape index (κ1) is 19.0. The number of hydrogen-bond donors (Lipinski definition) is 0. The van der Waals surface area contributed by atoms with E-state index in [0.717, 1.165) is 12.8 Å². The first-order valence-electron chi connectivity index (χ1n) is 8.23. The second kappa shape index (κ2) is 6.75. The van der Waals surface area contributed by atoms with Crippen LogP contribution in [0.25, 0.3) is 0 Å². The number of amides is 1. The van der Waals surface area contributed by atoms with Crippen molar-refractivity contribution >= 4 is 5.91 Å². The first-order valence-corrected chi connectivity index (χ1v) is 8.23. The van der Waals surface area contributed by atoms with E-state index < -0.39 is 23.5 Å². The average Bonchev–Trinajstić information content (AvgIpc) is 2.95. The molecule has 1 amide bonds. The summed E-state index contributed by atoms with van der Waals surface area (Å²) < 4.78 is 82.8. The SMILES string of the molecule is O=C1CCCC2CC(OCc3cc(C(F)(F)F)cc(C(F)(F)F)c3)CN12. The van der Waals surface area contributed by atoms with Gasteiger partial charge in [-0.15, -0.1) is 0 Å². The molecule has 1 aromatic rings. The van der Waals surface area contributed by atoms with Crippen molar-refractivity contribution in [3.63, 3.8) is 0 Å². The Morgan fingerprint density at radius 3 is 2.19 bits per heavy atom. The van der Waals surface area contributed by atoms with Gasteiger partial charge in [0.05, 0.1) is 23.8 Å². The number of benzene rings is 1. The summed E-state index contributed by atoms with van der Waals surface area (Å²) in [5.74, 6) is 0.0192. The largest absolute Gasteiger partial charge is 0.416 e. The zero-order valence-electron chi connectivity index (χ0n) is 13.7. The fourth-order valence-electron chi connectivity index (χ4n) is 3.52. The number of alkyl halides is 6. The second-order valence-electron chi connectivity index (χ2n) is 6.67. The van der Waals surface area contributed by atoms with Gasteiger partial charge in [0.2, 0.25) is 5.91 Å². The summed E-state index contributed by atoms with van der Waals surface area (Å²) in [7, 11) is 0. The van der Waals surface area contributed by atoms with Gasteiger partial charge in [0, 0.05) is 19.0 Å². The van der Waals surface area contributed by atoms with E-state index in [4.69, 9.17) is 4.74 Å². The highest BCUT2D eigenvalue weighted by molar-refractivity contribution is 5.77. The summed E-state index contributed by atoms with van der Waals surface area (Å²) in [6.45, 7) is -0.0407. The van der Waals surface area contributed by atoms with Gasteiger partial charge in [-0.25, -0.2) is 0 Å². The van der Waals surface area contributed by atoms with Gasteiger partial charge >= 0.3 is 12.4 Å². The van der Waals surface area contributed by atoms with Crippen LogP contribution in [0.4, 0.5) is 26.3 Å². The van der Waals surface area contributed by atoms with E-state index in [9.17, 15) is 31.1 Å². The minimum Gasteiger partial charge on any atom is -0.372 e. The summed E-state index contributed by atoms with van der Waals surface area (Å²) in [6, 6.07) is 1.48. The molecule has 0 N–H and O–H groups in total. The molecule has 3 nitrogen and oxygen atoms in total. The monoisotopic (exact) mass is 381 g/mol. The zero-order valence-corrected chi connectivity index (χ0v) is 13.7. The lowest BCUT2D eigenvalue weighted by Gasteiger charge is -2.28. The van der Waals surface area contributed by atoms with Crippen LogP contribution < -0.4 is 0 Å². The first-order chi connectivity index (χ1) is 12.0. The van der Waals surface area contributed by atoms with Gasteiger partial charge in [0.25, 0.3) is 0 Å². The third kappa shape index (κ3) is 4.13. The normalized spacial score (nSPS) is 24.1. The molecule has 0 aromatic heterocycles. The zero-order chi connectivity index (χ0) is 19.1. The molecule has 3 rings (SSSR count). The predicted molar refractivity (Wildman–Crippen MR) is 79.0 cm³/mol. The Bertz CT molecular complexity index is 653. The highest BCUT2D eigenvalue weighted by Gasteiger charge is 2.39. The number of ether oxygens (including phenoxy) is 1. The van der Waals surface area contributed by atoms with Crippen molar-refractivity contribution in [2.75, 3.05) is 6.54 Å². The second-order valence-corrected chi connectivity index (χ2v) is 6.67. The molecular formula is C17H17F6NO2. The van der Waals surface area contributed by atoms with Crippen LogP contribution in [0.3, 0.4) is 0 Å². The number of nitrogens with zero attached hydrogens (tertiary/aromatic N) is 1. The van der Waals surface area contributed by atoms with Gasteiger partial charge < -0.3 is 9.64 Å². The van der Waals surface area contributed by atoms with Gasteiger partial charge in [-0.3, -0.25) is 4.79 Å². The summed E-state index contributed by atoms with van der Waals surface area (Å²) in [4.78, 5) is 13.5. The third-order valence-corrected chi connectivity index (χ3v) is 4.76. The fraction of sp³-hybridized carbons (Fsp3) is 0.588. The van der Waals surface area contributed by atoms with Gasteiger partial charge in [0.1, 0.15) is 0 Å². The molecule has 2 aliphatic rings. The van der Waals surface area contributed by atoms with Gasteiger partial charge in [-0.1, -0.05) is 0 Å². The molecule has 0 bridgehead atoms. The van der Waals surface area contributed by atoms with Crippen LogP contribution in [0.5, 0.6) is 0 Å². The quantitative estimate of drug-likeness (QED) is 0.727. The Morgan fingerprint density at radius 1 is 1.04 bits per heavy atom. The number of rotatable bonds is 3. The topological polar surface area (TPSA) is 29.5 Å². The van der Waals surface area contributed by atoms with Crippen molar-refractivity contribution < 1.29 is 35.9 Å². The molecular weight excluding hydrogens is 364 g/mol. The van der Waals surface area contributed by atoms with E-state index >= 15 is 0 Å². The highest BCUT2D eigenvalue weighted by atomic mass is 19.4. The Hall–Kier alpha value is -1.77. The molecule has 26 heavy (non-hydrogen) atoms. The van der Waals surface area contributed by atoms with Crippen LogP contribution >= 0.6 is 0 Å². The lowest BCUT2D eigenvalue weighted by Crippen LogP contribution is -2.39. The van der Waals surface area contributed by atoms with E-state index in [1.165, 1.54) is 0 Å². The molecule has 2 atom stereocenters. The summed E-state index contributed by atoms with van der Waals surface area (Å²) >= 11 is 0. The molecule has 2 saturated heterocycles. The molecule has 2 fully saturated rings. The Morgan fingerprint density at radius 2 is 1.65 bits per heavy atom. The summed E-state index contributed by atoms with van der Waals surface area (Å²) in [6.07, 6.45) is -7.50. The maximum absolute atomic E-state index is 12.9.